The Morgan fingerprint density at radius 2 is 2.31 bits per heavy atom. The molecular formula is C12H24N2O2. The van der Waals surface area contributed by atoms with Gasteiger partial charge in [0.05, 0.1) is 6.10 Å². The SMILES string of the molecule is CCC(CCN)CCC(=O)N1CCC(O)C1. The second-order valence-electron chi connectivity index (χ2n) is 4.67. The lowest BCUT2D eigenvalue weighted by molar-refractivity contribution is -0.130. The minimum atomic E-state index is -0.310. The van der Waals surface area contributed by atoms with Crippen LogP contribution in [0.3, 0.4) is 0 Å². The van der Waals surface area contributed by atoms with Gasteiger partial charge in [-0.2, -0.15) is 0 Å². The summed E-state index contributed by atoms with van der Waals surface area (Å²) in [7, 11) is 0. The van der Waals surface area contributed by atoms with E-state index in [0.717, 1.165) is 25.7 Å². The number of carbonyl (C=O) groups excluding carboxylic acids is 1. The number of aliphatic hydroxyl groups excluding tert-OH is 1. The van der Waals surface area contributed by atoms with Crippen LogP contribution in [-0.2, 0) is 4.79 Å². The van der Waals surface area contributed by atoms with Crippen LogP contribution in [0.1, 0.15) is 39.0 Å². The Hall–Kier alpha value is -0.610. The van der Waals surface area contributed by atoms with Gasteiger partial charge in [-0.05, 0) is 31.7 Å². The third kappa shape index (κ3) is 4.10. The van der Waals surface area contributed by atoms with Gasteiger partial charge >= 0.3 is 0 Å². The highest BCUT2D eigenvalue weighted by Crippen LogP contribution is 2.17. The molecule has 1 heterocycles. The maximum absolute atomic E-state index is 11.8. The predicted octanol–water partition coefficient (Wildman–Crippen LogP) is 0.735. The van der Waals surface area contributed by atoms with Gasteiger partial charge in [0, 0.05) is 19.5 Å². The van der Waals surface area contributed by atoms with Gasteiger partial charge in [0.2, 0.25) is 5.91 Å². The number of rotatable bonds is 6. The van der Waals surface area contributed by atoms with Crippen LogP contribution in [0.2, 0.25) is 0 Å². The molecule has 0 saturated carbocycles. The van der Waals surface area contributed by atoms with E-state index in [4.69, 9.17) is 5.73 Å². The van der Waals surface area contributed by atoms with Crippen LogP contribution in [0.4, 0.5) is 0 Å². The highest BCUT2D eigenvalue weighted by atomic mass is 16.3. The highest BCUT2D eigenvalue weighted by molar-refractivity contribution is 5.76. The number of hydrogen-bond donors (Lipinski definition) is 2. The Balaban J connectivity index is 2.23. The van der Waals surface area contributed by atoms with Crippen LogP contribution in [0.5, 0.6) is 0 Å². The summed E-state index contributed by atoms with van der Waals surface area (Å²) < 4.78 is 0. The summed E-state index contributed by atoms with van der Waals surface area (Å²) >= 11 is 0. The number of carbonyl (C=O) groups is 1. The molecule has 3 N–H and O–H groups in total. The molecular weight excluding hydrogens is 204 g/mol. The summed E-state index contributed by atoms with van der Waals surface area (Å²) in [6.45, 7) is 4.08. The van der Waals surface area contributed by atoms with Gasteiger partial charge in [0.15, 0.2) is 0 Å². The number of aliphatic hydroxyl groups is 1. The van der Waals surface area contributed by atoms with Crippen molar-refractivity contribution in [3.05, 3.63) is 0 Å². The Morgan fingerprint density at radius 3 is 2.81 bits per heavy atom. The summed E-state index contributed by atoms with van der Waals surface area (Å²) in [4.78, 5) is 13.6. The van der Waals surface area contributed by atoms with Crippen molar-refractivity contribution in [3.63, 3.8) is 0 Å². The van der Waals surface area contributed by atoms with Crippen molar-refractivity contribution in [2.45, 2.75) is 45.1 Å². The van der Waals surface area contributed by atoms with Crippen molar-refractivity contribution in [2.75, 3.05) is 19.6 Å². The third-order valence-electron chi connectivity index (χ3n) is 3.43. The molecule has 2 unspecified atom stereocenters. The van der Waals surface area contributed by atoms with Crippen LogP contribution in [0.25, 0.3) is 0 Å². The fourth-order valence-corrected chi connectivity index (χ4v) is 2.24. The van der Waals surface area contributed by atoms with E-state index < -0.39 is 0 Å². The minimum absolute atomic E-state index is 0.187. The number of nitrogens with zero attached hydrogens (tertiary/aromatic N) is 1. The van der Waals surface area contributed by atoms with E-state index in [-0.39, 0.29) is 12.0 Å². The number of hydrogen-bond acceptors (Lipinski definition) is 3. The topological polar surface area (TPSA) is 66.6 Å². The summed E-state index contributed by atoms with van der Waals surface area (Å²) in [5.74, 6) is 0.758. The summed E-state index contributed by atoms with van der Waals surface area (Å²) in [5, 5.41) is 9.35. The first kappa shape index (κ1) is 13.5. The zero-order valence-electron chi connectivity index (χ0n) is 10.2. The van der Waals surface area contributed by atoms with Crippen LogP contribution in [0, 0.1) is 5.92 Å². The maximum Gasteiger partial charge on any atom is 0.222 e. The Morgan fingerprint density at radius 1 is 1.56 bits per heavy atom. The van der Waals surface area contributed by atoms with E-state index >= 15 is 0 Å². The van der Waals surface area contributed by atoms with Crippen LogP contribution >= 0.6 is 0 Å². The average molecular weight is 228 g/mol. The fraction of sp³-hybridized carbons (Fsp3) is 0.917. The standard InChI is InChI=1S/C12H24N2O2/c1-2-10(5-7-13)3-4-12(16)14-8-6-11(15)9-14/h10-11,15H,2-9,13H2,1H3. The lowest BCUT2D eigenvalue weighted by Crippen LogP contribution is -2.29. The Bertz CT molecular complexity index is 221. The maximum atomic E-state index is 11.8. The molecule has 0 bridgehead atoms. The van der Waals surface area contributed by atoms with Crippen molar-refractivity contribution in [2.24, 2.45) is 11.7 Å². The third-order valence-corrected chi connectivity index (χ3v) is 3.43. The Labute approximate surface area is 97.8 Å². The van der Waals surface area contributed by atoms with Gasteiger partial charge in [-0.15, -0.1) is 0 Å². The molecule has 1 fully saturated rings. The quantitative estimate of drug-likeness (QED) is 0.704. The van der Waals surface area contributed by atoms with Gasteiger partial charge in [0.1, 0.15) is 0 Å². The average Bonchev–Trinajstić information content (AvgIpc) is 2.70. The Kier molecular flexibility index (Phi) is 5.77. The molecule has 94 valence electrons. The second-order valence-corrected chi connectivity index (χ2v) is 4.67. The van der Waals surface area contributed by atoms with Gasteiger partial charge in [-0.3, -0.25) is 4.79 Å². The van der Waals surface area contributed by atoms with Crippen molar-refractivity contribution >= 4 is 5.91 Å². The van der Waals surface area contributed by atoms with Gasteiger partial charge in [-0.25, -0.2) is 0 Å². The van der Waals surface area contributed by atoms with E-state index in [0.29, 0.717) is 32.0 Å². The monoisotopic (exact) mass is 228 g/mol. The fourth-order valence-electron chi connectivity index (χ4n) is 2.24. The van der Waals surface area contributed by atoms with E-state index in [2.05, 4.69) is 6.92 Å². The molecule has 1 rings (SSSR count). The number of likely N-dealkylation sites (tertiary alicyclic amines) is 1. The molecule has 0 radical (unpaired) electrons. The second kappa shape index (κ2) is 6.86. The molecule has 0 aromatic heterocycles. The molecule has 0 aliphatic carbocycles. The normalized spacial score (nSPS) is 22.4. The summed E-state index contributed by atoms with van der Waals surface area (Å²) in [5.41, 5.74) is 5.52. The zero-order chi connectivity index (χ0) is 12.0. The number of amides is 1. The molecule has 2 atom stereocenters. The zero-order valence-corrected chi connectivity index (χ0v) is 10.2. The van der Waals surface area contributed by atoms with Crippen molar-refractivity contribution < 1.29 is 9.90 Å². The van der Waals surface area contributed by atoms with Gasteiger partial charge in [0.25, 0.3) is 0 Å². The van der Waals surface area contributed by atoms with Crippen LogP contribution in [-0.4, -0.2) is 41.7 Å². The molecule has 16 heavy (non-hydrogen) atoms. The molecule has 4 nitrogen and oxygen atoms in total. The molecule has 0 aromatic rings. The van der Waals surface area contributed by atoms with Crippen LogP contribution < -0.4 is 5.73 Å². The van der Waals surface area contributed by atoms with E-state index in [1.807, 2.05) is 0 Å². The smallest absolute Gasteiger partial charge is 0.222 e. The summed E-state index contributed by atoms with van der Waals surface area (Å²) in [6, 6.07) is 0. The molecule has 1 saturated heterocycles. The van der Waals surface area contributed by atoms with Crippen molar-refractivity contribution in [1.82, 2.24) is 4.90 Å². The lowest BCUT2D eigenvalue weighted by atomic mass is 9.96. The van der Waals surface area contributed by atoms with E-state index in [1.165, 1.54) is 0 Å². The van der Waals surface area contributed by atoms with E-state index in [9.17, 15) is 9.90 Å². The van der Waals surface area contributed by atoms with Crippen molar-refractivity contribution in [3.8, 4) is 0 Å². The highest BCUT2D eigenvalue weighted by Gasteiger charge is 2.24. The molecule has 0 spiro atoms. The first-order chi connectivity index (χ1) is 7.67. The number of β-amino-alcohol motifs (C(OH)–C–C–N with tert-alkyl or cyclic N) is 1. The molecule has 1 amide bonds. The van der Waals surface area contributed by atoms with Crippen molar-refractivity contribution in [1.29, 1.82) is 0 Å². The molecule has 1 aliphatic rings. The van der Waals surface area contributed by atoms with Crippen LogP contribution in [0.15, 0.2) is 0 Å². The van der Waals surface area contributed by atoms with E-state index in [1.54, 1.807) is 4.90 Å². The lowest BCUT2D eigenvalue weighted by Gasteiger charge is -2.18. The summed E-state index contributed by atoms with van der Waals surface area (Å²) in [6.07, 6.45) is 4.05. The number of nitrogens with two attached hydrogens (primary N) is 1. The molecule has 0 aromatic carbocycles. The molecule has 4 heteroatoms. The van der Waals surface area contributed by atoms with Gasteiger partial charge in [-0.1, -0.05) is 13.3 Å². The predicted molar refractivity (Wildman–Crippen MR) is 63.9 cm³/mol. The minimum Gasteiger partial charge on any atom is -0.391 e. The first-order valence-corrected chi connectivity index (χ1v) is 6.33. The largest absolute Gasteiger partial charge is 0.391 e. The molecule has 1 aliphatic heterocycles. The van der Waals surface area contributed by atoms with Gasteiger partial charge < -0.3 is 15.7 Å². The first-order valence-electron chi connectivity index (χ1n) is 6.33.